The van der Waals surface area contributed by atoms with Gasteiger partial charge in [0, 0.05) is 23.4 Å². The van der Waals surface area contributed by atoms with Crippen molar-refractivity contribution < 1.29 is 29.0 Å². The third-order valence-corrected chi connectivity index (χ3v) is 10.4. The first-order valence-electron chi connectivity index (χ1n) is 19.5. The molecule has 0 spiro atoms. The fourth-order valence-electron chi connectivity index (χ4n) is 7.54. The number of carboxylic acids is 1. The second-order valence-electron chi connectivity index (χ2n) is 15.8. The van der Waals surface area contributed by atoms with E-state index in [4.69, 9.17) is 9.47 Å². The number of nitrogens with one attached hydrogen (secondary N) is 2. The Kier molecular flexibility index (Phi) is 19.5. The molecule has 5 atom stereocenters. The van der Waals surface area contributed by atoms with E-state index in [2.05, 4.69) is 24.5 Å². The van der Waals surface area contributed by atoms with Gasteiger partial charge in [-0.1, -0.05) is 137 Å². The van der Waals surface area contributed by atoms with Gasteiger partial charge in [-0.3, -0.25) is 14.4 Å². The highest BCUT2D eigenvalue weighted by molar-refractivity contribution is 5.83. The largest absolute Gasteiger partial charge is 0.481 e. The van der Waals surface area contributed by atoms with Crippen LogP contribution in [0.5, 0.6) is 0 Å². The van der Waals surface area contributed by atoms with Crippen LogP contribution in [0.2, 0.25) is 0 Å². The molecule has 1 saturated carbocycles. The molecule has 0 radical (unpaired) electrons. The zero-order valence-corrected chi connectivity index (χ0v) is 31.1. The summed E-state index contributed by atoms with van der Waals surface area (Å²) in [5.74, 6) is -2.25. The zero-order valence-electron chi connectivity index (χ0n) is 31.1. The minimum Gasteiger partial charge on any atom is -0.481 e. The van der Waals surface area contributed by atoms with Crippen LogP contribution in [0, 0.1) is 17.3 Å². The highest BCUT2D eigenvalue weighted by atomic mass is 16.7. The Bertz CT molecular complexity index is 906. The minimum atomic E-state index is -0.958. The summed E-state index contributed by atoms with van der Waals surface area (Å²) in [5.41, 5.74) is -0.561. The van der Waals surface area contributed by atoms with E-state index in [1.807, 2.05) is 13.8 Å². The molecule has 2 rings (SSSR count). The second-order valence-corrected chi connectivity index (χ2v) is 15.8. The fraction of sp³-hybridized carbons (Fsp3) is 0.923. The number of hydrogen-bond acceptors (Lipinski definition) is 5. The summed E-state index contributed by atoms with van der Waals surface area (Å²) in [6.45, 7) is 12.2. The van der Waals surface area contributed by atoms with Gasteiger partial charge in [-0.05, 0) is 45.4 Å². The maximum atomic E-state index is 13.6. The molecule has 2 amide bonds. The lowest BCUT2D eigenvalue weighted by molar-refractivity contribution is -0.304. The molecule has 0 bridgehead atoms. The van der Waals surface area contributed by atoms with Gasteiger partial charge in [-0.15, -0.1) is 0 Å². The zero-order chi connectivity index (χ0) is 34.7. The van der Waals surface area contributed by atoms with Crippen molar-refractivity contribution in [2.75, 3.05) is 6.61 Å². The number of carbonyl (C=O) groups excluding carboxylic acids is 2. The molecule has 1 aliphatic heterocycles. The van der Waals surface area contributed by atoms with E-state index in [-0.39, 0.29) is 36.1 Å². The first-order valence-corrected chi connectivity index (χ1v) is 19.5. The van der Waals surface area contributed by atoms with E-state index >= 15 is 0 Å². The van der Waals surface area contributed by atoms with Gasteiger partial charge in [0.25, 0.3) is 0 Å². The van der Waals surface area contributed by atoms with Gasteiger partial charge in [0.2, 0.25) is 11.8 Å². The molecule has 1 heterocycles. The van der Waals surface area contributed by atoms with Gasteiger partial charge in [0.1, 0.15) is 6.10 Å². The van der Waals surface area contributed by atoms with Crippen molar-refractivity contribution in [3.63, 3.8) is 0 Å². The number of carbonyl (C=O) groups is 3. The van der Waals surface area contributed by atoms with Gasteiger partial charge in [-0.2, -0.15) is 0 Å². The highest BCUT2D eigenvalue weighted by Gasteiger charge is 2.47. The van der Waals surface area contributed by atoms with Crippen LogP contribution < -0.4 is 10.6 Å². The Hall–Kier alpha value is -1.67. The smallest absolute Gasteiger partial charge is 0.305 e. The van der Waals surface area contributed by atoms with E-state index in [1.54, 1.807) is 13.8 Å². The van der Waals surface area contributed by atoms with Gasteiger partial charge in [-0.25, -0.2) is 0 Å². The molecular weight excluding hydrogens is 592 g/mol. The number of hydrogen-bond donors (Lipinski definition) is 3. The van der Waals surface area contributed by atoms with E-state index in [9.17, 15) is 19.5 Å². The molecule has 1 saturated heterocycles. The summed E-state index contributed by atoms with van der Waals surface area (Å²) in [6, 6.07) is -0.747. The molecule has 0 aromatic rings. The standard InChI is InChI=1S/C39H72N2O6/c1-7-9-10-11-12-13-14-15-16-17-18-19-20-21-25-30(24-8-2)36(44)40-32-27-23-22-26-31(32)33(28-34(42)43)41-37(45)35-38(3,4)29-46-39(5,6)47-35/h30-33,35H,7-29H2,1-6H3,(H,40,44)(H,41,45)(H,42,43). The number of amides is 2. The van der Waals surface area contributed by atoms with Crippen molar-refractivity contribution in [3.8, 4) is 0 Å². The van der Waals surface area contributed by atoms with Crippen molar-refractivity contribution in [3.05, 3.63) is 0 Å². The third kappa shape index (κ3) is 16.1. The van der Waals surface area contributed by atoms with Crippen LogP contribution in [0.15, 0.2) is 0 Å². The van der Waals surface area contributed by atoms with E-state index in [1.165, 1.54) is 83.5 Å². The quantitative estimate of drug-likeness (QED) is 0.0887. The monoisotopic (exact) mass is 665 g/mol. The van der Waals surface area contributed by atoms with Crippen molar-refractivity contribution in [1.29, 1.82) is 0 Å². The second kappa shape index (κ2) is 22.1. The van der Waals surface area contributed by atoms with Gasteiger partial charge >= 0.3 is 5.97 Å². The molecule has 47 heavy (non-hydrogen) atoms. The van der Waals surface area contributed by atoms with Crippen molar-refractivity contribution >= 4 is 17.8 Å². The highest BCUT2D eigenvalue weighted by Crippen LogP contribution is 2.36. The summed E-state index contributed by atoms with van der Waals surface area (Å²) in [5, 5.41) is 16.2. The number of ether oxygens (including phenoxy) is 2. The molecule has 2 aliphatic rings. The summed E-state index contributed by atoms with van der Waals surface area (Å²) in [4.78, 5) is 39.2. The summed E-state index contributed by atoms with van der Waals surface area (Å²) >= 11 is 0. The van der Waals surface area contributed by atoms with Crippen LogP contribution in [-0.4, -0.2) is 53.5 Å². The van der Waals surface area contributed by atoms with E-state index < -0.39 is 29.3 Å². The Morgan fingerprint density at radius 3 is 1.87 bits per heavy atom. The molecule has 5 unspecified atom stereocenters. The summed E-state index contributed by atoms with van der Waals surface area (Å²) in [7, 11) is 0. The molecular formula is C39H72N2O6. The normalized spacial score (nSPS) is 23.5. The third-order valence-electron chi connectivity index (χ3n) is 10.4. The molecule has 0 aromatic carbocycles. The maximum absolute atomic E-state index is 13.6. The lowest BCUT2D eigenvalue weighted by atomic mass is 9.77. The first kappa shape index (κ1) is 41.5. The van der Waals surface area contributed by atoms with E-state index in [0.29, 0.717) is 6.61 Å². The Morgan fingerprint density at radius 2 is 1.32 bits per heavy atom. The summed E-state index contributed by atoms with van der Waals surface area (Å²) < 4.78 is 11.8. The Balaban J connectivity index is 1.85. The van der Waals surface area contributed by atoms with Gasteiger partial charge < -0.3 is 25.2 Å². The van der Waals surface area contributed by atoms with Gasteiger partial charge in [0.15, 0.2) is 5.79 Å². The van der Waals surface area contributed by atoms with Gasteiger partial charge in [0.05, 0.1) is 13.0 Å². The fourth-order valence-corrected chi connectivity index (χ4v) is 7.54. The lowest BCUT2D eigenvalue weighted by Gasteiger charge is -2.45. The molecule has 8 nitrogen and oxygen atoms in total. The molecule has 3 N–H and O–H groups in total. The maximum Gasteiger partial charge on any atom is 0.305 e. The van der Waals surface area contributed by atoms with Crippen molar-refractivity contribution in [2.45, 2.75) is 207 Å². The lowest BCUT2D eigenvalue weighted by Crippen LogP contribution is -2.60. The molecule has 2 fully saturated rings. The molecule has 1 aliphatic carbocycles. The molecule has 0 aromatic heterocycles. The average molecular weight is 665 g/mol. The predicted octanol–water partition coefficient (Wildman–Crippen LogP) is 9.09. The number of aliphatic carboxylic acids is 1. The molecule has 274 valence electrons. The Morgan fingerprint density at radius 1 is 0.766 bits per heavy atom. The summed E-state index contributed by atoms with van der Waals surface area (Å²) in [6.07, 6.45) is 23.7. The predicted molar refractivity (Wildman–Crippen MR) is 190 cm³/mol. The van der Waals surface area contributed by atoms with Crippen LogP contribution in [0.25, 0.3) is 0 Å². The minimum absolute atomic E-state index is 0.0221. The van der Waals surface area contributed by atoms with Crippen LogP contribution in [0.4, 0.5) is 0 Å². The average Bonchev–Trinajstić information content (AvgIpc) is 3.01. The number of unbranched alkanes of at least 4 members (excludes halogenated alkanes) is 13. The number of rotatable bonds is 24. The topological polar surface area (TPSA) is 114 Å². The van der Waals surface area contributed by atoms with Crippen LogP contribution in [0.3, 0.4) is 0 Å². The number of carboxylic acid groups (broad SMARTS) is 1. The SMILES string of the molecule is CCCCCCCCCCCCCCCCC(CCC)C(=O)NC1CCCCC1C(CC(=O)O)NC(=O)C1OC(C)(C)OCC1(C)C. The van der Waals surface area contributed by atoms with Crippen LogP contribution in [-0.2, 0) is 23.9 Å². The van der Waals surface area contributed by atoms with Crippen LogP contribution in [0.1, 0.15) is 183 Å². The first-order chi connectivity index (χ1) is 22.4. The van der Waals surface area contributed by atoms with Crippen molar-refractivity contribution in [2.24, 2.45) is 17.3 Å². The Labute approximate surface area is 287 Å². The van der Waals surface area contributed by atoms with Crippen LogP contribution >= 0.6 is 0 Å². The van der Waals surface area contributed by atoms with E-state index in [0.717, 1.165) is 51.4 Å². The molecule has 8 heteroatoms. The van der Waals surface area contributed by atoms with Crippen molar-refractivity contribution in [1.82, 2.24) is 10.6 Å².